The van der Waals surface area contributed by atoms with Crippen molar-refractivity contribution in [3.63, 3.8) is 0 Å². The Hall–Kier alpha value is -2.74. The van der Waals surface area contributed by atoms with Crippen molar-refractivity contribution in [2.24, 2.45) is 5.92 Å². The van der Waals surface area contributed by atoms with Crippen molar-refractivity contribution in [3.8, 4) is 0 Å². The Morgan fingerprint density at radius 2 is 2.04 bits per heavy atom. The number of nitrogens with one attached hydrogen (secondary N) is 1. The zero-order chi connectivity index (χ0) is 20.3. The highest BCUT2D eigenvalue weighted by molar-refractivity contribution is 7.17. The van der Waals surface area contributed by atoms with E-state index < -0.39 is 16.8 Å². The zero-order valence-corrected chi connectivity index (χ0v) is 16.6. The van der Waals surface area contributed by atoms with Crippen LogP contribution in [-0.2, 0) is 17.6 Å². The van der Waals surface area contributed by atoms with Gasteiger partial charge in [0.15, 0.2) is 0 Å². The minimum Gasteiger partial charge on any atom is -0.462 e. The molecule has 0 fully saturated rings. The van der Waals surface area contributed by atoms with Crippen molar-refractivity contribution >= 4 is 33.9 Å². The Morgan fingerprint density at radius 1 is 1.32 bits per heavy atom. The van der Waals surface area contributed by atoms with Gasteiger partial charge in [0, 0.05) is 22.6 Å². The molecule has 1 aliphatic carbocycles. The molecule has 0 saturated heterocycles. The molecular formula is C20H22N2O5S. The molecule has 0 radical (unpaired) electrons. The van der Waals surface area contributed by atoms with Crippen LogP contribution in [0.2, 0.25) is 0 Å². The number of nitro groups is 1. The number of rotatable bonds is 6. The van der Waals surface area contributed by atoms with E-state index in [0.29, 0.717) is 28.7 Å². The van der Waals surface area contributed by atoms with Crippen LogP contribution in [0.1, 0.15) is 57.8 Å². The molecule has 0 bridgehead atoms. The third-order valence-corrected chi connectivity index (χ3v) is 5.89. The lowest BCUT2D eigenvalue weighted by molar-refractivity contribution is -0.384. The summed E-state index contributed by atoms with van der Waals surface area (Å²) in [7, 11) is 0. The number of hydrogen-bond acceptors (Lipinski definition) is 6. The quantitative estimate of drug-likeness (QED) is 0.432. The molecule has 1 heterocycles. The smallest absolute Gasteiger partial charge is 0.341 e. The van der Waals surface area contributed by atoms with Gasteiger partial charge in [0.2, 0.25) is 0 Å². The maximum absolute atomic E-state index is 12.6. The number of hydrogen-bond donors (Lipinski definition) is 1. The van der Waals surface area contributed by atoms with E-state index in [0.717, 1.165) is 36.1 Å². The highest BCUT2D eigenvalue weighted by Crippen LogP contribution is 2.40. The number of anilines is 1. The van der Waals surface area contributed by atoms with E-state index in [-0.39, 0.29) is 5.69 Å². The van der Waals surface area contributed by atoms with Crippen molar-refractivity contribution in [3.05, 3.63) is 55.9 Å². The van der Waals surface area contributed by atoms with E-state index in [1.165, 1.54) is 35.6 Å². The molecule has 1 N–H and O–H groups in total. The van der Waals surface area contributed by atoms with Crippen LogP contribution in [0.25, 0.3) is 0 Å². The summed E-state index contributed by atoms with van der Waals surface area (Å²) < 4.78 is 5.34. The van der Waals surface area contributed by atoms with Gasteiger partial charge in [-0.1, -0.05) is 13.8 Å². The Kier molecular flexibility index (Phi) is 6.08. The number of fused-ring (bicyclic) bond motifs is 1. The van der Waals surface area contributed by atoms with Gasteiger partial charge in [-0.05, 0) is 49.3 Å². The van der Waals surface area contributed by atoms with E-state index in [4.69, 9.17) is 4.74 Å². The third-order valence-electron chi connectivity index (χ3n) is 4.72. The molecule has 148 valence electrons. The van der Waals surface area contributed by atoms with Crippen molar-refractivity contribution in [2.75, 3.05) is 11.9 Å². The highest BCUT2D eigenvalue weighted by atomic mass is 32.1. The number of ether oxygens (including phenoxy) is 1. The number of nitrogens with zero attached hydrogens (tertiary/aromatic N) is 1. The number of non-ortho nitro benzene ring substituents is 1. The lowest BCUT2D eigenvalue weighted by Gasteiger charge is -2.18. The van der Waals surface area contributed by atoms with Crippen molar-refractivity contribution < 1.29 is 19.2 Å². The van der Waals surface area contributed by atoms with Crippen molar-refractivity contribution in [1.29, 1.82) is 0 Å². The summed E-state index contributed by atoms with van der Waals surface area (Å²) >= 11 is 1.42. The van der Waals surface area contributed by atoms with Gasteiger partial charge in [0.25, 0.3) is 11.6 Å². The van der Waals surface area contributed by atoms with E-state index >= 15 is 0 Å². The lowest BCUT2D eigenvalue weighted by Crippen LogP contribution is -2.17. The number of benzene rings is 1. The van der Waals surface area contributed by atoms with Crippen LogP contribution in [0.3, 0.4) is 0 Å². The molecule has 3 rings (SSSR count). The second kappa shape index (κ2) is 8.52. The van der Waals surface area contributed by atoms with Crippen molar-refractivity contribution in [2.45, 2.75) is 39.5 Å². The molecule has 1 atom stereocenters. The summed E-state index contributed by atoms with van der Waals surface area (Å²) in [5.41, 5.74) is 1.64. The average Bonchev–Trinajstić information content (AvgIpc) is 3.02. The van der Waals surface area contributed by atoms with Gasteiger partial charge in [-0.2, -0.15) is 0 Å². The molecule has 1 unspecified atom stereocenters. The molecule has 1 aliphatic rings. The summed E-state index contributed by atoms with van der Waals surface area (Å²) in [5.74, 6) is -0.289. The first-order valence-corrected chi connectivity index (χ1v) is 10.1. The standard InChI is InChI=1S/C20H22N2O5S/c1-3-10-27-20(24)17-15-9-4-12(2)11-16(15)28-19(17)21-18(23)13-5-7-14(8-6-13)22(25)26/h5-8,12H,3-4,9-11H2,1-2H3,(H,21,23). The molecule has 8 heteroatoms. The first-order valence-electron chi connectivity index (χ1n) is 9.28. The maximum Gasteiger partial charge on any atom is 0.341 e. The minimum absolute atomic E-state index is 0.0824. The van der Waals surface area contributed by atoms with Gasteiger partial charge in [0.05, 0.1) is 17.1 Å². The van der Waals surface area contributed by atoms with Gasteiger partial charge in [-0.25, -0.2) is 4.79 Å². The van der Waals surface area contributed by atoms with E-state index in [9.17, 15) is 19.7 Å². The fourth-order valence-electron chi connectivity index (χ4n) is 3.23. The van der Waals surface area contributed by atoms with Crippen LogP contribution >= 0.6 is 11.3 Å². The third kappa shape index (κ3) is 4.22. The van der Waals surface area contributed by atoms with Crippen LogP contribution in [-0.4, -0.2) is 23.4 Å². The number of thiophene rings is 1. The SMILES string of the molecule is CCCOC(=O)c1c(NC(=O)c2ccc([N+](=O)[O-])cc2)sc2c1CCC(C)C2. The monoisotopic (exact) mass is 402 g/mol. The first kappa shape index (κ1) is 20.0. The molecule has 1 aromatic heterocycles. The predicted molar refractivity (Wildman–Crippen MR) is 107 cm³/mol. The molecule has 0 saturated carbocycles. The Balaban J connectivity index is 1.88. The number of amides is 1. The molecular weight excluding hydrogens is 380 g/mol. The zero-order valence-electron chi connectivity index (χ0n) is 15.8. The van der Waals surface area contributed by atoms with Crippen LogP contribution in [0, 0.1) is 16.0 Å². The average molecular weight is 402 g/mol. The van der Waals surface area contributed by atoms with E-state index in [1.807, 2.05) is 6.92 Å². The second-order valence-corrected chi connectivity index (χ2v) is 8.06. The lowest BCUT2D eigenvalue weighted by atomic mass is 9.88. The first-order chi connectivity index (χ1) is 13.4. The summed E-state index contributed by atoms with van der Waals surface area (Å²) in [6, 6.07) is 5.37. The molecule has 1 amide bonds. The fourth-order valence-corrected chi connectivity index (χ4v) is 4.63. The number of carbonyl (C=O) groups is 2. The second-order valence-electron chi connectivity index (χ2n) is 6.95. The number of nitro benzene ring substituents is 1. The van der Waals surface area contributed by atoms with Crippen LogP contribution in [0.15, 0.2) is 24.3 Å². The van der Waals surface area contributed by atoms with Crippen LogP contribution in [0.4, 0.5) is 10.7 Å². The van der Waals surface area contributed by atoms with Gasteiger partial charge in [-0.15, -0.1) is 11.3 Å². The van der Waals surface area contributed by atoms with Crippen LogP contribution < -0.4 is 5.32 Å². The normalized spacial score (nSPS) is 15.6. The van der Waals surface area contributed by atoms with Crippen LogP contribution in [0.5, 0.6) is 0 Å². The van der Waals surface area contributed by atoms with Gasteiger partial charge in [-0.3, -0.25) is 14.9 Å². The Morgan fingerprint density at radius 3 is 2.68 bits per heavy atom. The molecule has 0 spiro atoms. The highest BCUT2D eigenvalue weighted by Gasteiger charge is 2.29. The molecule has 28 heavy (non-hydrogen) atoms. The minimum atomic E-state index is -0.516. The summed E-state index contributed by atoms with van der Waals surface area (Å²) in [6.45, 7) is 4.43. The molecule has 1 aromatic carbocycles. The Bertz CT molecular complexity index is 904. The fraction of sp³-hybridized carbons (Fsp3) is 0.400. The largest absolute Gasteiger partial charge is 0.462 e. The molecule has 0 aliphatic heterocycles. The maximum atomic E-state index is 12.6. The van der Waals surface area contributed by atoms with Gasteiger partial charge >= 0.3 is 5.97 Å². The predicted octanol–water partition coefficient (Wildman–Crippen LogP) is 4.60. The van der Waals surface area contributed by atoms with Crippen molar-refractivity contribution in [1.82, 2.24) is 0 Å². The molecule has 7 nitrogen and oxygen atoms in total. The Labute approximate surface area is 166 Å². The summed E-state index contributed by atoms with van der Waals surface area (Å²) in [5, 5.41) is 14.1. The number of esters is 1. The van der Waals surface area contributed by atoms with Gasteiger partial charge < -0.3 is 10.1 Å². The molecule has 2 aromatic rings. The summed E-state index contributed by atoms with van der Waals surface area (Å²) in [4.78, 5) is 36.6. The van der Waals surface area contributed by atoms with Gasteiger partial charge in [0.1, 0.15) is 5.00 Å². The number of carbonyl (C=O) groups excluding carboxylic acids is 2. The van der Waals surface area contributed by atoms with E-state index in [1.54, 1.807) is 0 Å². The van der Waals surface area contributed by atoms with E-state index in [2.05, 4.69) is 12.2 Å². The summed E-state index contributed by atoms with van der Waals surface area (Å²) in [6.07, 6.45) is 3.38. The topological polar surface area (TPSA) is 98.5 Å².